The van der Waals surface area contributed by atoms with Gasteiger partial charge in [0.15, 0.2) is 9.84 Å². The van der Waals surface area contributed by atoms with E-state index in [0.29, 0.717) is 18.5 Å². The Balaban J connectivity index is 1.65. The summed E-state index contributed by atoms with van der Waals surface area (Å²) in [5.74, 6) is 0.969. The van der Waals surface area contributed by atoms with Crippen LogP contribution in [0.4, 0.5) is 0 Å². The zero-order valence-corrected chi connectivity index (χ0v) is 18.2. The van der Waals surface area contributed by atoms with Gasteiger partial charge < -0.3 is 4.90 Å². The Hall–Kier alpha value is -1.50. The number of hydrogen-bond donors (Lipinski definition) is 0. The van der Waals surface area contributed by atoms with Crippen molar-refractivity contribution in [1.82, 2.24) is 4.90 Å². The van der Waals surface area contributed by atoms with Gasteiger partial charge in [-0.3, -0.25) is 4.79 Å². The van der Waals surface area contributed by atoms with Gasteiger partial charge in [0.2, 0.25) is 0 Å². The number of nitrogens with zero attached hydrogens (tertiary/aromatic N) is 1. The molecule has 2 aromatic rings. The van der Waals surface area contributed by atoms with Crippen LogP contribution >= 0.6 is 23.4 Å². The topological polar surface area (TPSA) is 54.5 Å². The minimum Gasteiger partial charge on any atom is -0.335 e. The summed E-state index contributed by atoms with van der Waals surface area (Å²) in [7, 11) is -3.02. The molecule has 0 unspecified atom stereocenters. The Morgan fingerprint density at radius 1 is 1.14 bits per heavy atom. The van der Waals surface area contributed by atoms with Crippen molar-refractivity contribution < 1.29 is 13.2 Å². The highest BCUT2D eigenvalue weighted by Crippen LogP contribution is 2.25. The van der Waals surface area contributed by atoms with Crippen molar-refractivity contribution in [3.8, 4) is 0 Å². The number of halogens is 1. The van der Waals surface area contributed by atoms with Crippen LogP contribution in [-0.2, 0) is 15.6 Å². The van der Waals surface area contributed by atoms with Crippen LogP contribution in [0.25, 0.3) is 0 Å². The van der Waals surface area contributed by atoms with E-state index in [1.165, 1.54) is 0 Å². The van der Waals surface area contributed by atoms with Gasteiger partial charge in [0.05, 0.1) is 11.5 Å². The van der Waals surface area contributed by atoms with Crippen LogP contribution in [0, 0.1) is 0 Å². The third-order valence-corrected chi connectivity index (χ3v) is 7.88. The minimum absolute atomic E-state index is 0.0779. The smallest absolute Gasteiger partial charge is 0.254 e. The fraction of sp³-hybridized carbons (Fsp3) is 0.381. The van der Waals surface area contributed by atoms with E-state index in [0.717, 1.165) is 27.7 Å². The number of carbonyl (C=O) groups excluding carboxylic acids is 1. The summed E-state index contributed by atoms with van der Waals surface area (Å²) in [6.07, 6.45) is 1.34. The molecule has 1 atom stereocenters. The van der Waals surface area contributed by atoms with E-state index in [4.69, 9.17) is 11.6 Å². The lowest BCUT2D eigenvalue weighted by Gasteiger charge is -2.28. The maximum Gasteiger partial charge on any atom is 0.254 e. The number of carbonyl (C=O) groups is 1. The molecule has 7 heteroatoms. The van der Waals surface area contributed by atoms with Crippen molar-refractivity contribution in [2.45, 2.75) is 36.5 Å². The third-order valence-electron chi connectivity index (χ3n) is 4.79. The number of amides is 1. The second-order valence-electron chi connectivity index (χ2n) is 6.99. The Kier molecular flexibility index (Phi) is 7.07. The lowest BCUT2D eigenvalue weighted by Crippen LogP contribution is -2.41. The molecule has 1 aliphatic heterocycles. The highest BCUT2D eigenvalue weighted by atomic mass is 35.5. The molecule has 0 bridgehead atoms. The van der Waals surface area contributed by atoms with Crippen molar-refractivity contribution in [2.75, 3.05) is 18.1 Å². The molecule has 28 heavy (non-hydrogen) atoms. The van der Waals surface area contributed by atoms with Crippen LogP contribution in [0.3, 0.4) is 0 Å². The van der Waals surface area contributed by atoms with E-state index in [1.54, 1.807) is 16.7 Å². The van der Waals surface area contributed by atoms with Gasteiger partial charge in [0.1, 0.15) is 0 Å². The Morgan fingerprint density at radius 2 is 1.82 bits per heavy atom. The monoisotopic (exact) mass is 437 g/mol. The number of thioether (sulfide) groups is 1. The molecular weight excluding hydrogens is 414 g/mol. The average molecular weight is 438 g/mol. The molecule has 1 heterocycles. The normalized spacial score (nSPS) is 18.1. The van der Waals surface area contributed by atoms with Gasteiger partial charge in [-0.05, 0) is 54.8 Å². The summed E-state index contributed by atoms with van der Waals surface area (Å²) in [4.78, 5) is 15.8. The molecule has 0 spiro atoms. The molecule has 2 aromatic carbocycles. The lowest BCUT2D eigenvalue weighted by molar-refractivity contribution is 0.0697. The quantitative estimate of drug-likeness (QED) is 0.590. The van der Waals surface area contributed by atoms with Crippen LogP contribution in [-0.4, -0.2) is 43.3 Å². The first-order chi connectivity index (χ1) is 13.4. The molecule has 1 saturated heterocycles. The van der Waals surface area contributed by atoms with Gasteiger partial charge >= 0.3 is 0 Å². The van der Waals surface area contributed by atoms with Crippen LogP contribution < -0.4 is 0 Å². The van der Waals surface area contributed by atoms with Crippen LogP contribution in [0.5, 0.6) is 0 Å². The van der Waals surface area contributed by atoms with Gasteiger partial charge in [-0.15, -0.1) is 11.8 Å². The van der Waals surface area contributed by atoms with Crippen molar-refractivity contribution in [1.29, 1.82) is 0 Å². The fourth-order valence-electron chi connectivity index (χ4n) is 3.32. The first-order valence-electron chi connectivity index (χ1n) is 9.36. The molecule has 3 rings (SSSR count). The second kappa shape index (κ2) is 9.33. The summed E-state index contributed by atoms with van der Waals surface area (Å²) in [5, 5.41) is 0.721. The van der Waals surface area contributed by atoms with Crippen LogP contribution in [0.15, 0.2) is 53.4 Å². The zero-order chi connectivity index (χ0) is 20.1. The molecule has 1 fully saturated rings. The average Bonchev–Trinajstić information content (AvgIpc) is 3.05. The first kappa shape index (κ1) is 21.2. The Labute approximate surface area is 176 Å². The zero-order valence-electron chi connectivity index (χ0n) is 15.8. The number of sulfone groups is 1. The molecule has 0 aliphatic carbocycles. The Bertz CT molecular complexity index is 912. The molecule has 0 aromatic heterocycles. The largest absolute Gasteiger partial charge is 0.335 e. The van der Waals surface area contributed by atoms with E-state index >= 15 is 0 Å². The minimum atomic E-state index is -3.02. The lowest BCUT2D eigenvalue weighted by atomic mass is 10.1. The molecule has 0 saturated carbocycles. The number of rotatable bonds is 7. The van der Waals surface area contributed by atoms with E-state index in [2.05, 4.69) is 0 Å². The number of benzene rings is 2. The SMILES string of the molecule is CCCN(C(=O)c1ccc(CSc2ccc(Cl)cc2)cc1)[C@@H]1CCS(=O)(=O)C1. The predicted molar refractivity (Wildman–Crippen MR) is 116 cm³/mol. The van der Waals surface area contributed by atoms with E-state index in [1.807, 2.05) is 55.5 Å². The first-order valence-corrected chi connectivity index (χ1v) is 12.5. The molecule has 0 N–H and O–H groups in total. The Morgan fingerprint density at radius 3 is 2.39 bits per heavy atom. The maximum absolute atomic E-state index is 13.0. The predicted octanol–water partition coefficient (Wildman–Crippen LogP) is 4.67. The summed E-state index contributed by atoms with van der Waals surface area (Å²) in [5.41, 5.74) is 1.74. The van der Waals surface area contributed by atoms with Crippen LogP contribution in [0.1, 0.15) is 35.7 Å². The van der Waals surface area contributed by atoms with E-state index < -0.39 is 9.84 Å². The van der Waals surface area contributed by atoms with Gasteiger partial charge in [-0.1, -0.05) is 30.7 Å². The van der Waals surface area contributed by atoms with Crippen LogP contribution in [0.2, 0.25) is 5.02 Å². The fourth-order valence-corrected chi connectivity index (χ4v) is 6.03. The molecular formula is C21H24ClNO3S2. The van der Waals surface area contributed by atoms with Gasteiger partial charge in [-0.2, -0.15) is 0 Å². The van der Waals surface area contributed by atoms with Crippen molar-refractivity contribution in [3.63, 3.8) is 0 Å². The highest BCUT2D eigenvalue weighted by molar-refractivity contribution is 7.98. The molecule has 4 nitrogen and oxygen atoms in total. The molecule has 1 amide bonds. The summed E-state index contributed by atoms with van der Waals surface area (Å²) >= 11 is 7.62. The van der Waals surface area contributed by atoms with Gasteiger partial charge in [0.25, 0.3) is 5.91 Å². The second-order valence-corrected chi connectivity index (χ2v) is 10.7. The summed E-state index contributed by atoms with van der Waals surface area (Å²) < 4.78 is 23.6. The highest BCUT2D eigenvalue weighted by Gasteiger charge is 2.34. The van der Waals surface area contributed by atoms with Crippen molar-refractivity contribution in [3.05, 3.63) is 64.7 Å². The van der Waals surface area contributed by atoms with E-state index in [-0.39, 0.29) is 23.5 Å². The molecule has 0 radical (unpaired) electrons. The molecule has 150 valence electrons. The summed E-state index contributed by atoms with van der Waals surface area (Å²) in [6, 6.07) is 15.1. The van der Waals surface area contributed by atoms with E-state index in [9.17, 15) is 13.2 Å². The van der Waals surface area contributed by atoms with Crippen molar-refractivity contribution in [2.24, 2.45) is 0 Å². The van der Waals surface area contributed by atoms with Gasteiger partial charge in [-0.25, -0.2) is 8.42 Å². The number of hydrogen-bond acceptors (Lipinski definition) is 4. The van der Waals surface area contributed by atoms with Gasteiger partial charge in [0, 0.05) is 33.8 Å². The summed E-state index contributed by atoms with van der Waals surface area (Å²) in [6.45, 7) is 2.58. The third kappa shape index (κ3) is 5.52. The van der Waals surface area contributed by atoms with Crippen molar-refractivity contribution >= 4 is 39.1 Å². The molecule has 1 aliphatic rings. The maximum atomic E-state index is 13.0. The standard InChI is InChI=1S/C21H24ClNO3S2/c1-2-12-23(19-11-13-28(25,26)15-19)21(24)17-5-3-16(4-6-17)14-27-20-9-7-18(22)8-10-20/h3-10,19H,2,11-15H2,1H3/t19-/m1/s1.